The minimum Gasteiger partial charge on any atom is -0.383 e. The molecule has 0 spiro atoms. The highest BCUT2D eigenvalue weighted by Gasteiger charge is 2.21. The number of rotatable bonds is 10. The minimum absolute atomic E-state index is 0.0916. The van der Waals surface area contributed by atoms with E-state index < -0.39 is 10.0 Å². The molecular formula is C22H29N3O5S. The number of hydrogen-bond acceptors (Lipinski definition) is 6. The molecule has 0 aromatic heterocycles. The lowest BCUT2D eigenvalue weighted by Crippen LogP contribution is -2.47. The lowest BCUT2D eigenvalue weighted by Gasteiger charge is -2.33. The Hall–Kier alpha value is -2.30. The highest BCUT2D eigenvalue weighted by atomic mass is 32.2. The number of amides is 1. The zero-order valence-electron chi connectivity index (χ0n) is 17.6. The molecule has 8 nitrogen and oxygen atoms in total. The summed E-state index contributed by atoms with van der Waals surface area (Å²) in [6.07, 6.45) is -0.0916. The highest BCUT2D eigenvalue weighted by molar-refractivity contribution is 7.89. The zero-order chi connectivity index (χ0) is 22.1. The van der Waals surface area contributed by atoms with Crippen molar-refractivity contribution in [1.29, 1.82) is 0 Å². The fraction of sp³-hybridized carbons (Fsp3) is 0.409. The summed E-state index contributed by atoms with van der Waals surface area (Å²) >= 11 is 0. The van der Waals surface area contributed by atoms with Gasteiger partial charge in [-0.05, 0) is 29.8 Å². The van der Waals surface area contributed by atoms with Crippen LogP contribution in [-0.4, -0.2) is 71.8 Å². The maximum absolute atomic E-state index is 12.5. The molecular weight excluding hydrogens is 418 g/mol. The number of sulfonamides is 1. The molecule has 9 heteroatoms. The molecule has 1 fully saturated rings. The average molecular weight is 448 g/mol. The average Bonchev–Trinajstić information content (AvgIpc) is 2.78. The summed E-state index contributed by atoms with van der Waals surface area (Å²) in [5, 5.41) is 2.88. The second-order valence-corrected chi connectivity index (χ2v) is 9.11. The fourth-order valence-electron chi connectivity index (χ4n) is 3.34. The van der Waals surface area contributed by atoms with Gasteiger partial charge in [0.2, 0.25) is 10.0 Å². The Labute approximate surface area is 183 Å². The number of carbonyl (C=O) groups excluding carboxylic acids is 1. The Balaban J connectivity index is 1.49. The number of nitrogens with zero attached hydrogens (tertiary/aromatic N) is 1. The van der Waals surface area contributed by atoms with Crippen LogP contribution in [0.5, 0.6) is 0 Å². The maximum atomic E-state index is 12.5. The summed E-state index contributed by atoms with van der Waals surface area (Å²) in [5.41, 5.74) is 1.65. The number of hydrogen-bond donors (Lipinski definition) is 2. The van der Waals surface area contributed by atoms with E-state index in [1.807, 2.05) is 18.2 Å². The van der Waals surface area contributed by atoms with Crippen molar-refractivity contribution < 1.29 is 22.7 Å². The summed E-state index contributed by atoms with van der Waals surface area (Å²) in [4.78, 5) is 14.9. The van der Waals surface area contributed by atoms with Crippen molar-refractivity contribution in [3.63, 3.8) is 0 Å². The number of nitrogens with one attached hydrogen (secondary N) is 2. The topological polar surface area (TPSA) is 97.0 Å². The SMILES string of the molecule is COCCNS(=O)(=O)c1ccc(C(=O)NC[C@H]2CN(Cc3ccccc3)CCO2)cc1. The monoisotopic (exact) mass is 447 g/mol. The van der Waals surface area contributed by atoms with E-state index in [-0.39, 0.29) is 30.1 Å². The Bertz CT molecular complexity index is 935. The number of benzene rings is 2. The fourth-order valence-corrected chi connectivity index (χ4v) is 4.36. The standard InChI is InChI=1S/C22H29N3O5S/c1-29-13-11-24-31(27,28)21-9-7-19(8-10-21)22(26)23-15-20-17-25(12-14-30-20)16-18-5-3-2-4-6-18/h2-10,20,24H,11-17H2,1H3,(H,23,26)/t20-/m0/s1. The normalized spacial score (nSPS) is 17.4. The molecule has 0 bridgehead atoms. The second kappa shape index (κ2) is 11.4. The van der Waals surface area contributed by atoms with E-state index in [1.165, 1.54) is 36.9 Å². The summed E-state index contributed by atoms with van der Waals surface area (Å²) in [7, 11) is -2.12. The lowest BCUT2D eigenvalue weighted by molar-refractivity contribution is -0.0292. The molecule has 31 heavy (non-hydrogen) atoms. The van der Waals surface area contributed by atoms with Crippen LogP contribution in [0.4, 0.5) is 0 Å². The van der Waals surface area contributed by atoms with Crippen LogP contribution in [0.15, 0.2) is 59.5 Å². The smallest absolute Gasteiger partial charge is 0.251 e. The van der Waals surface area contributed by atoms with Gasteiger partial charge >= 0.3 is 0 Å². The van der Waals surface area contributed by atoms with Gasteiger partial charge in [-0.1, -0.05) is 30.3 Å². The highest BCUT2D eigenvalue weighted by Crippen LogP contribution is 2.12. The van der Waals surface area contributed by atoms with Crippen molar-refractivity contribution in [2.75, 3.05) is 46.5 Å². The largest absolute Gasteiger partial charge is 0.383 e. The van der Waals surface area contributed by atoms with Crippen molar-refractivity contribution in [3.05, 3.63) is 65.7 Å². The molecule has 1 saturated heterocycles. The van der Waals surface area contributed by atoms with Crippen LogP contribution in [0.25, 0.3) is 0 Å². The van der Waals surface area contributed by atoms with Crippen molar-refractivity contribution in [1.82, 2.24) is 14.9 Å². The molecule has 2 aromatic carbocycles. The van der Waals surface area contributed by atoms with Crippen molar-refractivity contribution in [3.8, 4) is 0 Å². The van der Waals surface area contributed by atoms with E-state index >= 15 is 0 Å². The van der Waals surface area contributed by atoms with Crippen LogP contribution in [0.1, 0.15) is 15.9 Å². The molecule has 0 saturated carbocycles. The maximum Gasteiger partial charge on any atom is 0.251 e. The minimum atomic E-state index is -3.62. The summed E-state index contributed by atoms with van der Waals surface area (Å²) < 4.78 is 37.5. The van der Waals surface area contributed by atoms with Crippen LogP contribution in [0.2, 0.25) is 0 Å². The van der Waals surface area contributed by atoms with Crippen LogP contribution < -0.4 is 10.0 Å². The van der Waals surface area contributed by atoms with Crippen molar-refractivity contribution in [2.45, 2.75) is 17.5 Å². The van der Waals surface area contributed by atoms with Gasteiger partial charge in [0, 0.05) is 45.4 Å². The molecule has 2 N–H and O–H groups in total. The van der Waals surface area contributed by atoms with Gasteiger partial charge in [-0.25, -0.2) is 13.1 Å². The number of carbonyl (C=O) groups is 1. The first-order chi connectivity index (χ1) is 15.0. The second-order valence-electron chi connectivity index (χ2n) is 7.34. The zero-order valence-corrected chi connectivity index (χ0v) is 18.4. The molecule has 2 aromatic rings. The van der Waals surface area contributed by atoms with Crippen LogP contribution >= 0.6 is 0 Å². The van der Waals surface area contributed by atoms with Crippen LogP contribution in [0, 0.1) is 0 Å². The summed E-state index contributed by atoms with van der Waals surface area (Å²) in [6.45, 7) is 3.92. The van der Waals surface area contributed by atoms with E-state index in [9.17, 15) is 13.2 Å². The van der Waals surface area contributed by atoms with Gasteiger partial charge in [-0.15, -0.1) is 0 Å². The van der Waals surface area contributed by atoms with Gasteiger partial charge in [0.1, 0.15) is 0 Å². The quantitative estimate of drug-likeness (QED) is 0.532. The molecule has 3 rings (SSSR count). The van der Waals surface area contributed by atoms with Gasteiger partial charge in [0.05, 0.1) is 24.2 Å². The Morgan fingerprint density at radius 2 is 1.90 bits per heavy atom. The van der Waals surface area contributed by atoms with Gasteiger partial charge in [-0.2, -0.15) is 0 Å². The van der Waals surface area contributed by atoms with Gasteiger partial charge in [-0.3, -0.25) is 9.69 Å². The third kappa shape index (κ3) is 7.12. The molecule has 1 heterocycles. The van der Waals surface area contributed by atoms with Crippen molar-refractivity contribution in [2.24, 2.45) is 0 Å². The number of ether oxygens (including phenoxy) is 2. The third-order valence-electron chi connectivity index (χ3n) is 4.99. The van der Waals surface area contributed by atoms with Gasteiger partial charge in [0.25, 0.3) is 5.91 Å². The predicted molar refractivity (Wildman–Crippen MR) is 117 cm³/mol. The molecule has 0 radical (unpaired) electrons. The first-order valence-corrected chi connectivity index (χ1v) is 11.7. The first kappa shape index (κ1) is 23.4. The van der Waals surface area contributed by atoms with Gasteiger partial charge < -0.3 is 14.8 Å². The molecule has 168 valence electrons. The molecule has 0 unspecified atom stereocenters. The Morgan fingerprint density at radius 3 is 2.61 bits per heavy atom. The third-order valence-corrected chi connectivity index (χ3v) is 6.46. The molecule has 1 aliphatic rings. The lowest BCUT2D eigenvalue weighted by atomic mass is 10.2. The van der Waals surface area contributed by atoms with E-state index in [1.54, 1.807) is 0 Å². The van der Waals surface area contributed by atoms with E-state index in [0.717, 1.165) is 19.6 Å². The number of methoxy groups -OCH3 is 1. The van der Waals surface area contributed by atoms with E-state index in [4.69, 9.17) is 9.47 Å². The summed E-state index contributed by atoms with van der Waals surface area (Å²) in [6, 6.07) is 16.1. The van der Waals surface area contributed by atoms with E-state index in [0.29, 0.717) is 18.7 Å². The van der Waals surface area contributed by atoms with Crippen molar-refractivity contribution >= 4 is 15.9 Å². The van der Waals surface area contributed by atoms with Crippen LogP contribution in [0.3, 0.4) is 0 Å². The van der Waals surface area contributed by atoms with E-state index in [2.05, 4.69) is 27.1 Å². The Morgan fingerprint density at radius 1 is 1.16 bits per heavy atom. The van der Waals surface area contributed by atoms with Crippen LogP contribution in [-0.2, 0) is 26.0 Å². The summed E-state index contributed by atoms with van der Waals surface area (Å²) in [5.74, 6) is -0.264. The first-order valence-electron chi connectivity index (χ1n) is 10.2. The van der Waals surface area contributed by atoms with Gasteiger partial charge in [0.15, 0.2) is 0 Å². The number of morpholine rings is 1. The Kier molecular flexibility index (Phi) is 8.56. The molecule has 1 amide bonds. The molecule has 1 aliphatic heterocycles. The molecule has 1 atom stereocenters. The molecule has 0 aliphatic carbocycles. The predicted octanol–water partition coefficient (Wildman–Crippen LogP) is 1.24.